The van der Waals surface area contributed by atoms with E-state index in [9.17, 15) is 0 Å². The molecule has 1 fully saturated rings. The Labute approximate surface area is 79.7 Å². The third-order valence-electron chi connectivity index (χ3n) is 3.17. The van der Waals surface area contributed by atoms with Gasteiger partial charge in [0.25, 0.3) is 0 Å². The van der Waals surface area contributed by atoms with Crippen LogP contribution in [0.2, 0.25) is 0 Å². The Bertz CT molecular complexity index is 241. The van der Waals surface area contributed by atoms with E-state index in [2.05, 4.69) is 29.1 Å². The number of nitrogens with two attached hydrogens (primary N) is 1. The van der Waals surface area contributed by atoms with Gasteiger partial charge < -0.3 is 10.3 Å². The van der Waals surface area contributed by atoms with Crippen LogP contribution < -0.4 is 5.73 Å². The summed E-state index contributed by atoms with van der Waals surface area (Å²) in [6, 6.07) is 4.94. The van der Waals surface area contributed by atoms with Crippen LogP contribution in [0.3, 0.4) is 0 Å². The second kappa shape index (κ2) is 3.97. The smallest absolute Gasteiger partial charge is 0.0359 e. The number of hydrogen-bond acceptors (Lipinski definition) is 1. The summed E-state index contributed by atoms with van der Waals surface area (Å²) in [7, 11) is 0. The van der Waals surface area contributed by atoms with Gasteiger partial charge in [0.15, 0.2) is 0 Å². The molecule has 2 nitrogen and oxygen atoms in total. The van der Waals surface area contributed by atoms with Crippen molar-refractivity contribution in [3.05, 3.63) is 24.5 Å². The highest BCUT2D eigenvalue weighted by Gasteiger charge is 2.26. The lowest BCUT2D eigenvalue weighted by molar-refractivity contribution is 0.363. The quantitative estimate of drug-likeness (QED) is 0.755. The van der Waals surface area contributed by atoms with E-state index in [-0.39, 0.29) is 0 Å². The van der Waals surface area contributed by atoms with Crippen molar-refractivity contribution < 1.29 is 0 Å². The monoisotopic (exact) mass is 178 g/mol. The van der Waals surface area contributed by atoms with Crippen molar-refractivity contribution >= 4 is 0 Å². The van der Waals surface area contributed by atoms with E-state index in [4.69, 9.17) is 5.73 Å². The molecule has 2 atom stereocenters. The van der Waals surface area contributed by atoms with Crippen molar-refractivity contribution in [2.24, 2.45) is 11.7 Å². The minimum atomic E-state index is 0.721. The zero-order valence-electron chi connectivity index (χ0n) is 8.02. The summed E-state index contributed by atoms with van der Waals surface area (Å²) in [5.41, 5.74) is 5.61. The standard InChI is InChI=1S/C11H18N2/c12-7-6-10-4-3-5-11(10)13-8-1-2-9-13/h1-2,8-11H,3-7,12H2. The summed E-state index contributed by atoms with van der Waals surface area (Å²) >= 11 is 0. The van der Waals surface area contributed by atoms with Gasteiger partial charge in [-0.15, -0.1) is 0 Å². The van der Waals surface area contributed by atoms with E-state index < -0.39 is 0 Å². The predicted octanol–water partition coefficient (Wildman–Crippen LogP) is 2.18. The minimum absolute atomic E-state index is 0.721. The number of hydrogen-bond donors (Lipinski definition) is 1. The van der Waals surface area contributed by atoms with Gasteiger partial charge in [-0.25, -0.2) is 0 Å². The van der Waals surface area contributed by atoms with Crippen LogP contribution in [0.1, 0.15) is 31.7 Å². The Kier molecular flexibility index (Phi) is 2.69. The fourth-order valence-corrected chi connectivity index (χ4v) is 2.53. The summed E-state index contributed by atoms with van der Waals surface area (Å²) in [6.07, 6.45) is 9.61. The predicted molar refractivity (Wildman–Crippen MR) is 54.5 cm³/mol. The van der Waals surface area contributed by atoms with Crippen molar-refractivity contribution in [3.8, 4) is 0 Å². The molecule has 2 heteroatoms. The van der Waals surface area contributed by atoms with Crippen LogP contribution in [0.25, 0.3) is 0 Å². The molecule has 2 rings (SSSR count). The van der Waals surface area contributed by atoms with Crippen molar-refractivity contribution in [2.45, 2.75) is 31.7 Å². The normalized spacial score (nSPS) is 28.1. The fraction of sp³-hybridized carbons (Fsp3) is 0.636. The third kappa shape index (κ3) is 1.78. The van der Waals surface area contributed by atoms with Crippen LogP contribution in [-0.4, -0.2) is 11.1 Å². The molecular weight excluding hydrogens is 160 g/mol. The molecule has 0 aromatic carbocycles. The van der Waals surface area contributed by atoms with Crippen LogP contribution in [-0.2, 0) is 0 Å². The summed E-state index contributed by atoms with van der Waals surface area (Å²) in [6.45, 7) is 0.836. The average molecular weight is 178 g/mol. The van der Waals surface area contributed by atoms with E-state index in [0.717, 1.165) is 18.5 Å². The van der Waals surface area contributed by atoms with Gasteiger partial charge in [-0.2, -0.15) is 0 Å². The molecule has 1 aliphatic carbocycles. The topological polar surface area (TPSA) is 30.9 Å². The van der Waals surface area contributed by atoms with Gasteiger partial charge in [0.1, 0.15) is 0 Å². The maximum absolute atomic E-state index is 5.61. The van der Waals surface area contributed by atoms with Gasteiger partial charge >= 0.3 is 0 Å². The Morgan fingerprint density at radius 2 is 2.00 bits per heavy atom. The lowest BCUT2D eigenvalue weighted by Crippen LogP contribution is -2.16. The first kappa shape index (κ1) is 8.82. The van der Waals surface area contributed by atoms with Gasteiger partial charge in [0, 0.05) is 18.4 Å². The SMILES string of the molecule is NCCC1CCCC1n1cccc1. The second-order valence-corrected chi connectivity index (χ2v) is 3.97. The van der Waals surface area contributed by atoms with E-state index in [1.165, 1.54) is 25.7 Å². The second-order valence-electron chi connectivity index (χ2n) is 3.97. The Morgan fingerprint density at radius 1 is 1.23 bits per heavy atom. The summed E-state index contributed by atoms with van der Waals surface area (Å²) in [4.78, 5) is 0. The van der Waals surface area contributed by atoms with Crippen LogP contribution in [0, 0.1) is 5.92 Å². The van der Waals surface area contributed by atoms with Gasteiger partial charge in [-0.05, 0) is 43.9 Å². The molecule has 1 aromatic heterocycles. The van der Waals surface area contributed by atoms with E-state index in [0.29, 0.717) is 0 Å². The number of rotatable bonds is 3. The molecule has 0 aliphatic heterocycles. The summed E-state index contributed by atoms with van der Waals surface area (Å²) < 4.78 is 2.35. The van der Waals surface area contributed by atoms with Gasteiger partial charge in [0.05, 0.1) is 0 Å². The molecule has 0 radical (unpaired) electrons. The third-order valence-corrected chi connectivity index (χ3v) is 3.17. The van der Waals surface area contributed by atoms with Crippen molar-refractivity contribution in [1.29, 1.82) is 0 Å². The molecule has 0 bridgehead atoms. The molecule has 1 aliphatic rings. The Balaban J connectivity index is 2.05. The summed E-state index contributed by atoms with van der Waals surface area (Å²) in [5.74, 6) is 0.817. The van der Waals surface area contributed by atoms with Crippen molar-refractivity contribution in [1.82, 2.24) is 4.57 Å². The maximum Gasteiger partial charge on any atom is 0.0359 e. The van der Waals surface area contributed by atoms with Crippen LogP contribution >= 0.6 is 0 Å². The largest absolute Gasteiger partial charge is 0.351 e. The first-order valence-electron chi connectivity index (χ1n) is 5.24. The molecule has 1 saturated carbocycles. The Hall–Kier alpha value is -0.760. The highest BCUT2D eigenvalue weighted by molar-refractivity contribution is 4.96. The van der Waals surface area contributed by atoms with Gasteiger partial charge in [0.2, 0.25) is 0 Å². The molecule has 13 heavy (non-hydrogen) atoms. The maximum atomic E-state index is 5.61. The fourth-order valence-electron chi connectivity index (χ4n) is 2.53. The Morgan fingerprint density at radius 3 is 2.69 bits per heavy atom. The lowest BCUT2D eigenvalue weighted by atomic mass is 9.99. The molecular formula is C11H18N2. The number of nitrogens with zero attached hydrogens (tertiary/aromatic N) is 1. The summed E-state index contributed by atoms with van der Waals surface area (Å²) in [5, 5.41) is 0. The van der Waals surface area contributed by atoms with E-state index >= 15 is 0 Å². The molecule has 0 saturated heterocycles. The first-order chi connectivity index (χ1) is 6.42. The zero-order chi connectivity index (χ0) is 9.10. The first-order valence-corrected chi connectivity index (χ1v) is 5.24. The highest BCUT2D eigenvalue weighted by atomic mass is 15.0. The van der Waals surface area contributed by atoms with Crippen molar-refractivity contribution in [2.75, 3.05) is 6.54 Å². The lowest BCUT2D eigenvalue weighted by Gasteiger charge is -2.20. The van der Waals surface area contributed by atoms with E-state index in [1.807, 2.05) is 0 Å². The minimum Gasteiger partial charge on any atom is -0.351 e. The van der Waals surface area contributed by atoms with Crippen molar-refractivity contribution in [3.63, 3.8) is 0 Å². The molecule has 0 spiro atoms. The number of aromatic nitrogens is 1. The van der Waals surface area contributed by atoms with Crippen LogP contribution in [0.15, 0.2) is 24.5 Å². The zero-order valence-corrected chi connectivity index (χ0v) is 8.02. The van der Waals surface area contributed by atoms with Crippen LogP contribution in [0.5, 0.6) is 0 Å². The molecule has 2 N–H and O–H groups in total. The highest BCUT2D eigenvalue weighted by Crippen LogP contribution is 2.37. The van der Waals surface area contributed by atoms with Gasteiger partial charge in [-0.1, -0.05) is 6.42 Å². The van der Waals surface area contributed by atoms with Gasteiger partial charge in [-0.3, -0.25) is 0 Å². The molecule has 0 amide bonds. The average Bonchev–Trinajstić information content (AvgIpc) is 2.71. The molecule has 1 aromatic rings. The van der Waals surface area contributed by atoms with Crippen LogP contribution in [0.4, 0.5) is 0 Å². The molecule has 1 heterocycles. The van der Waals surface area contributed by atoms with E-state index in [1.54, 1.807) is 0 Å². The molecule has 2 unspecified atom stereocenters. The molecule has 72 valence electrons.